The van der Waals surface area contributed by atoms with E-state index in [0.717, 1.165) is 24.3 Å². The van der Waals surface area contributed by atoms with Crippen molar-refractivity contribution in [1.82, 2.24) is 0 Å². The molecule has 0 heterocycles. The number of allylic oxidation sites excluding steroid dienone is 1. The topological polar surface area (TPSA) is 18.5 Å². The third-order valence-corrected chi connectivity index (χ3v) is 4.95. The maximum Gasteiger partial charge on any atom is 0.122 e. The van der Waals surface area contributed by atoms with Gasteiger partial charge >= 0.3 is 0 Å². The molecular weight excluding hydrogens is 260 g/mol. The van der Waals surface area contributed by atoms with Crippen LogP contribution in [0.1, 0.15) is 45.1 Å². The molecule has 0 aromatic heterocycles. The number of methoxy groups -OCH3 is 2. The monoisotopic (exact) mass is 288 g/mol. The smallest absolute Gasteiger partial charge is 0.122 e. The van der Waals surface area contributed by atoms with Crippen molar-refractivity contribution in [3.8, 4) is 11.5 Å². The molecule has 116 valence electrons. The fraction of sp³-hybridized carbons (Fsp3) is 0.579. The van der Waals surface area contributed by atoms with Gasteiger partial charge in [0.25, 0.3) is 0 Å². The first-order chi connectivity index (χ1) is 9.97. The van der Waals surface area contributed by atoms with E-state index in [1.807, 2.05) is 12.1 Å². The van der Waals surface area contributed by atoms with Gasteiger partial charge in [0.1, 0.15) is 11.5 Å². The van der Waals surface area contributed by atoms with Gasteiger partial charge < -0.3 is 9.47 Å². The summed E-state index contributed by atoms with van der Waals surface area (Å²) in [7, 11) is 3.44. The summed E-state index contributed by atoms with van der Waals surface area (Å²) in [4.78, 5) is 0. The highest BCUT2D eigenvalue weighted by atomic mass is 16.5. The Labute approximate surface area is 129 Å². The molecule has 0 spiro atoms. The van der Waals surface area contributed by atoms with Crippen LogP contribution in [0.25, 0.3) is 0 Å². The normalized spacial score (nSPS) is 21.1. The number of rotatable bonds is 5. The minimum absolute atomic E-state index is 0.363. The lowest BCUT2D eigenvalue weighted by atomic mass is 9.65. The van der Waals surface area contributed by atoms with E-state index in [1.54, 1.807) is 14.2 Å². The molecule has 21 heavy (non-hydrogen) atoms. The van der Waals surface area contributed by atoms with E-state index in [1.165, 1.54) is 30.4 Å². The molecule has 0 amide bonds. The number of hydrogen-bond donors (Lipinski definition) is 0. The molecule has 0 bridgehead atoms. The van der Waals surface area contributed by atoms with Gasteiger partial charge in [-0.15, -0.1) is 0 Å². The summed E-state index contributed by atoms with van der Waals surface area (Å²) in [6.45, 7) is 9.08. The fourth-order valence-corrected chi connectivity index (χ4v) is 3.64. The van der Waals surface area contributed by atoms with Crippen LogP contribution in [0.15, 0.2) is 30.4 Å². The highest BCUT2D eigenvalue weighted by Gasteiger charge is 2.34. The van der Waals surface area contributed by atoms with Gasteiger partial charge in [0.15, 0.2) is 0 Å². The summed E-state index contributed by atoms with van der Waals surface area (Å²) in [6, 6.07) is 6.04. The molecule has 1 aromatic carbocycles. The molecular formula is C19H28O2. The lowest BCUT2D eigenvalue weighted by Crippen LogP contribution is -2.29. The second kappa shape index (κ2) is 6.55. The summed E-state index contributed by atoms with van der Waals surface area (Å²) in [5.74, 6) is 2.45. The van der Waals surface area contributed by atoms with E-state index in [0.29, 0.717) is 11.3 Å². The van der Waals surface area contributed by atoms with Gasteiger partial charge in [0, 0.05) is 0 Å². The van der Waals surface area contributed by atoms with E-state index >= 15 is 0 Å². The maximum absolute atomic E-state index is 5.49. The van der Waals surface area contributed by atoms with Gasteiger partial charge in [-0.2, -0.15) is 0 Å². The summed E-state index contributed by atoms with van der Waals surface area (Å²) >= 11 is 0. The van der Waals surface area contributed by atoms with Crippen molar-refractivity contribution in [3.05, 3.63) is 35.9 Å². The fourth-order valence-electron chi connectivity index (χ4n) is 3.64. The Balaban J connectivity index is 2.13. The Kier molecular flexibility index (Phi) is 4.97. The molecule has 2 heteroatoms. The summed E-state index contributed by atoms with van der Waals surface area (Å²) in [5.41, 5.74) is 3.01. The molecule has 2 nitrogen and oxygen atoms in total. The van der Waals surface area contributed by atoms with Crippen molar-refractivity contribution < 1.29 is 9.47 Å². The number of ether oxygens (including phenoxy) is 2. The van der Waals surface area contributed by atoms with Crippen LogP contribution in [-0.4, -0.2) is 14.2 Å². The van der Waals surface area contributed by atoms with Gasteiger partial charge in [0.05, 0.1) is 14.2 Å². The molecule has 2 rings (SSSR count). The molecule has 1 fully saturated rings. The predicted octanol–water partition coefficient (Wildman–Crippen LogP) is 5.02. The Morgan fingerprint density at radius 1 is 1.24 bits per heavy atom. The van der Waals surface area contributed by atoms with Crippen molar-refractivity contribution in [2.75, 3.05) is 14.2 Å². The van der Waals surface area contributed by atoms with Crippen LogP contribution in [0.2, 0.25) is 0 Å². The minimum atomic E-state index is 0.363. The van der Waals surface area contributed by atoms with Crippen molar-refractivity contribution in [1.29, 1.82) is 0 Å². The Morgan fingerprint density at radius 2 is 2.00 bits per heavy atom. The van der Waals surface area contributed by atoms with Gasteiger partial charge in [-0.05, 0) is 67.2 Å². The first kappa shape index (κ1) is 15.9. The zero-order valence-electron chi connectivity index (χ0n) is 13.9. The van der Waals surface area contributed by atoms with Crippen LogP contribution in [-0.2, 0) is 6.42 Å². The van der Waals surface area contributed by atoms with Crippen molar-refractivity contribution in [2.24, 2.45) is 11.3 Å². The zero-order chi connectivity index (χ0) is 15.5. The first-order valence-corrected chi connectivity index (χ1v) is 7.86. The van der Waals surface area contributed by atoms with Crippen LogP contribution >= 0.6 is 0 Å². The zero-order valence-corrected chi connectivity index (χ0v) is 13.9. The summed E-state index contributed by atoms with van der Waals surface area (Å²) in [5, 5.41) is 0. The van der Waals surface area contributed by atoms with Gasteiger partial charge in [-0.1, -0.05) is 26.0 Å². The molecule has 0 N–H and O–H groups in total. The van der Waals surface area contributed by atoms with E-state index in [4.69, 9.17) is 9.47 Å². The highest BCUT2D eigenvalue weighted by molar-refractivity contribution is 5.40. The number of hydrogen-bond acceptors (Lipinski definition) is 2. The summed E-state index contributed by atoms with van der Waals surface area (Å²) in [6.07, 6.45) is 5.91. The molecule has 1 aromatic rings. The van der Waals surface area contributed by atoms with Crippen LogP contribution in [0.3, 0.4) is 0 Å². The van der Waals surface area contributed by atoms with Gasteiger partial charge in [-0.25, -0.2) is 0 Å². The lowest BCUT2D eigenvalue weighted by Gasteiger charge is -2.40. The van der Waals surface area contributed by atoms with E-state index in [9.17, 15) is 0 Å². The molecule has 1 unspecified atom stereocenters. The van der Waals surface area contributed by atoms with Crippen molar-refractivity contribution in [3.63, 3.8) is 0 Å². The second-order valence-electron chi connectivity index (χ2n) is 6.77. The van der Waals surface area contributed by atoms with E-state index in [2.05, 4.69) is 26.5 Å². The Bertz CT molecular complexity index is 502. The number of aryl methyl sites for hydroxylation is 1. The molecule has 1 aliphatic carbocycles. The van der Waals surface area contributed by atoms with Crippen LogP contribution in [0.4, 0.5) is 0 Å². The van der Waals surface area contributed by atoms with Crippen molar-refractivity contribution >= 4 is 0 Å². The van der Waals surface area contributed by atoms with Crippen LogP contribution < -0.4 is 9.47 Å². The third kappa shape index (κ3) is 3.61. The quantitative estimate of drug-likeness (QED) is 0.708. The van der Waals surface area contributed by atoms with Gasteiger partial charge in [-0.3, -0.25) is 0 Å². The van der Waals surface area contributed by atoms with Crippen molar-refractivity contribution in [2.45, 2.75) is 46.0 Å². The maximum atomic E-state index is 5.49. The SMILES string of the molecule is C=C1CCCC(C)(C)C1CCc1cc(OC)ccc1OC. The van der Waals surface area contributed by atoms with E-state index in [-0.39, 0.29) is 0 Å². The van der Waals surface area contributed by atoms with E-state index < -0.39 is 0 Å². The van der Waals surface area contributed by atoms with Crippen LogP contribution in [0, 0.1) is 11.3 Å². The Morgan fingerprint density at radius 3 is 2.62 bits per heavy atom. The predicted molar refractivity (Wildman–Crippen MR) is 88.1 cm³/mol. The standard InChI is InChI=1S/C19H28O2/c1-14-7-6-12-19(2,3)17(14)10-8-15-13-16(20-4)9-11-18(15)21-5/h9,11,13,17H,1,6-8,10,12H2,2-5H3. The van der Waals surface area contributed by atoms with Gasteiger partial charge in [0.2, 0.25) is 0 Å². The molecule has 0 aliphatic heterocycles. The largest absolute Gasteiger partial charge is 0.497 e. The molecule has 0 saturated heterocycles. The molecule has 1 atom stereocenters. The average molecular weight is 288 g/mol. The Hall–Kier alpha value is -1.44. The molecule has 1 saturated carbocycles. The second-order valence-corrected chi connectivity index (χ2v) is 6.77. The molecule has 1 aliphatic rings. The minimum Gasteiger partial charge on any atom is -0.497 e. The third-order valence-electron chi connectivity index (χ3n) is 4.95. The lowest BCUT2D eigenvalue weighted by molar-refractivity contribution is 0.180. The average Bonchev–Trinajstić information content (AvgIpc) is 2.45. The van der Waals surface area contributed by atoms with Crippen LogP contribution in [0.5, 0.6) is 11.5 Å². The molecule has 0 radical (unpaired) electrons. The first-order valence-electron chi connectivity index (χ1n) is 7.86. The summed E-state index contributed by atoms with van der Waals surface area (Å²) < 4.78 is 10.8. The number of benzene rings is 1. The highest BCUT2D eigenvalue weighted by Crippen LogP contribution is 2.45.